The fraction of sp³-hybridized carbons (Fsp3) is 0.846. The number of aromatic nitrogens is 4. The van der Waals surface area contributed by atoms with Crippen LogP contribution in [-0.2, 0) is 10.3 Å². The predicted octanol–water partition coefficient (Wildman–Crippen LogP) is 2.32. The first-order valence-electron chi connectivity index (χ1n) is 7.05. The monoisotopic (exact) mass is 266 g/mol. The summed E-state index contributed by atoms with van der Waals surface area (Å²) in [5.41, 5.74) is -1.10. The van der Waals surface area contributed by atoms with Crippen molar-refractivity contribution < 1.29 is 9.90 Å². The summed E-state index contributed by atoms with van der Waals surface area (Å²) in [5, 5.41) is 21.0. The van der Waals surface area contributed by atoms with Gasteiger partial charge in [-0.25, -0.2) is 9.48 Å². The van der Waals surface area contributed by atoms with Crippen molar-refractivity contribution in [3.8, 4) is 0 Å². The number of nitrogens with zero attached hydrogens (tertiary/aromatic N) is 4. The molecule has 0 atom stereocenters. The summed E-state index contributed by atoms with van der Waals surface area (Å²) in [6.07, 6.45) is 8.25. The third kappa shape index (κ3) is 2.93. The van der Waals surface area contributed by atoms with Gasteiger partial charge in [-0.05, 0) is 37.1 Å². The summed E-state index contributed by atoms with van der Waals surface area (Å²) in [5.74, 6) is 0.107. The van der Waals surface area contributed by atoms with Gasteiger partial charge in [0.05, 0.1) is 0 Å². The standard InChI is InChI=1S/C13H22N4O2/c1-13(2,12(18)19)17-11(14-15-16-17)10-8-6-4-3-5-7-9-10/h10H,3-9H2,1-2H3,(H,18,19). The molecule has 0 aromatic carbocycles. The molecule has 6 heteroatoms. The highest BCUT2D eigenvalue weighted by molar-refractivity contribution is 5.75. The summed E-state index contributed by atoms with van der Waals surface area (Å²) in [6.45, 7) is 3.27. The molecule has 2 rings (SSSR count). The molecule has 1 aliphatic carbocycles. The van der Waals surface area contributed by atoms with E-state index in [-0.39, 0.29) is 5.92 Å². The van der Waals surface area contributed by atoms with Crippen LogP contribution >= 0.6 is 0 Å². The van der Waals surface area contributed by atoms with Crippen molar-refractivity contribution in [3.05, 3.63) is 5.82 Å². The molecule has 0 amide bonds. The van der Waals surface area contributed by atoms with Gasteiger partial charge in [0.1, 0.15) is 0 Å². The minimum atomic E-state index is -1.10. The third-order valence-electron chi connectivity index (χ3n) is 4.02. The summed E-state index contributed by atoms with van der Waals surface area (Å²) >= 11 is 0. The second-order valence-electron chi connectivity index (χ2n) is 5.86. The van der Waals surface area contributed by atoms with E-state index in [9.17, 15) is 9.90 Å². The molecular weight excluding hydrogens is 244 g/mol. The van der Waals surface area contributed by atoms with Crippen molar-refractivity contribution in [1.29, 1.82) is 0 Å². The van der Waals surface area contributed by atoms with Crippen LogP contribution in [0.5, 0.6) is 0 Å². The summed E-state index contributed by atoms with van der Waals surface area (Å²) in [7, 11) is 0. The molecule has 6 nitrogen and oxygen atoms in total. The Hall–Kier alpha value is -1.46. The van der Waals surface area contributed by atoms with E-state index < -0.39 is 11.5 Å². The smallest absolute Gasteiger partial charge is 0.331 e. The van der Waals surface area contributed by atoms with Crippen LogP contribution in [0.25, 0.3) is 0 Å². The fourth-order valence-corrected chi connectivity index (χ4v) is 2.65. The minimum Gasteiger partial charge on any atom is -0.479 e. The number of tetrazole rings is 1. The van der Waals surface area contributed by atoms with Gasteiger partial charge in [-0.1, -0.05) is 32.1 Å². The maximum absolute atomic E-state index is 11.4. The van der Waals surface area contributed by atoms with Crippen molar-refractivity contribution in [3.63, 3.8) is 0 Å². The quantitative estimate of drug-likeness (QED) is 0.908. The van der Waals surface area contributed by atoms with Crippen LogP contribution in [0.3, 0.4) is 0 Å². The molecule has 1 N–H and O–H groups in total. The van der Waals surface area contributed by atoms with Crippen LogP contribution in [0.15, 0.2) is 0 Å². The van der Waals surface area contributed by atoms with Crippen molar-refractivity contribution in [1.82, 2.24) is 20.2 Å². The van der Waals surface area contributed by atoms with Gasteiger partial charge in [-0.2, -0.15) is 0 Å². The van der Waals surface area contributed by atoms with E-state index >= 15 is 0 Å². The van der Waals surface area contributed by atoms with Gasteiger partial charge in [0.25, 0.3) is 0 Å². The SMILES string of the molecule is CC(C)(C(=O)O)n1nnnc1C1CCCCCCC1. The maximum Gasteiger partial charge on any atom is 0.331 e. The Morgan fingerprint density at radius 2 is 1.79 bits per heavy atom. The lowest BCUT2D eigenvalue weighted by Gasteiger charge is -2.24. The third-order valence-corrected chi connectivity index (χ3v) is 4.02. The largest absolute Gasteiger partial charge is 0.479 e. The van der Waals surface area contributed by atoms with Crippen LogP contribution in [-0.4, -0.2) is 31.3 Å². The van der Waals surface area contributed by atoms with Gasteiger partial charge in [0.2, 0.25) is 0 Å². The van der Waals surface area contributed by atoms with E-state index in [1.54, 1.807) is 13.8 Å². The molecule has 0 unspecified atom stereocenters. The molecule has 1 aromatic rings. The normalized spacial score (nSPS) is 18.8. The first-order chi connectivity index (χ1) is 9.03. The lowest BCUT2D eigenvalue weighted by atomic mass is 9.90. The number of hydrogen-bond donors (Lipinski definition) is 1. The van der Waals surface area contributed by atoms with E-state index in [2.05, 4.69) is 15.5 Å². The fourth-order valence-electron chi connectivity index (χ4n) is 2.65. The summed E-state index contributed by atoms with van der Waals surface area (Å²) < 4.78 is 1.49. The Morgan fingerprint density at radius 3 is 2.37 bits per heavy atom. The van der Waals surface area contributed by atoms with Crippen LogP contribution in [0.4, 0.5) is 0 Å². The van der Waals surface area contributed by atoms with Crippen LogP contribution < -0.4 is 0 Å². The number of carboxylic acids is 1. The van der Waals surface area contributed by atoms with Crippen molar-refractivity contribution >= 4 is 5.97 Å². The lowest BCUT2D eigenvalue weighted by Crippen LogP contribution is -2.38. The highest BCUT2D eigenvalue weighted by Crippen LogP contribution is 2.31. The molecular formula is C13H22N4O2. The maximum atomic E-state index is 11.4. The molecule has 0 radical (unpaired) electrons. The van der Waals surface area contributed by atoms with Crippen molar-refractivity contribution in [2.75, 3.05) is 0 Å². The van der Waals surface area contributed by atoms with Crippen LogP contribution in [0.1, 0.15) is 70.5 Å². The van der Waals surface area contributed by atoms with Crippen LogP contribution in [0.2, 0.25) is 0 Å². The van der Waals surface area contributed by atoms with E-state index in [1.807, 2.05) is 0 Å². The molecule has 1 saturated carbocycles. The van der Waals surface area contributed by atoms with E-state index in [0.29, 0.717) is 0 Å². The van der Waals surface area contributed by atoms with E-state index in [0.717, 1.165) is 18.7 Å². The van der Waals surface area contributed by atoms with Gasteiger partial charge >= 0.3 is 5.97 Å². The zero-order chi connectivity index (χ0) is 13.9. The minimum absolute atomic E-state index is 0.286. The second kappa shape index (κ2) is 5.67. The predicted molar refractivity (Wildman–Crippen MR) is 69.8 cm³/mol. The molecule has 0 aliphatic heterocycles. The number of rotatable bonds is 3. The Balaban J connectivity index is 2.25. The number of carbonyl (C=O) groups is 1. The number of hydrogen-bond acceptors (Lipinski definition) is 4. The number of aliphatic carboxylic acids is 1. The summed E-state index contributed by atoms with van der Waals surface area (Å²) in [6, 6.07) is 0. The van der Waals surface area contributed by atoms with Crippen LogP contribution in [0, 0.1) is 0 Å². The van der Waals surface area contributed by atoms with Crippen molar-refractivity contribution in [2.24, 2.45) is 0 Å². The highest BCUT2D eigenvalue weighted by Gasteiger charge is 2.35. The van der Waals surface area contributed by atoms with Gasteiger partial charge in [-0.3, -0.25) is 0 Å². The lowest BCUT2D eigenvalue weighted by molar-refractivity contribution is -0.146. The molecule has 19 heavy (non-hydrogen) atoms. The average Bonchev–Trinajstić information content (AvgIpc) is 2.77. The highest BCUT2D eigenvalue weighted by atomic mass is 16.4. The molecule has 1 heterocycles. The Morgan fingerprint density at radius 1 is 1.21 bits per heavy atom. The molecule has 1 fully saturated rings. The first-order valence-corrected chi connectivity index (χ1v) is 7.05. The zero-order valence-corrected chi connectivity index (χ0v) is 11.7. The average molecular weight is 266 g/mol. The molecule has 106 valence electrons. The molecule has 1 aromatic heterocycles. The Bertz CT molecular complexity index is 434. The Labute approximate surface area is 113 Å². The Kier molecular flexibility index (Phi) is 4.17. The van der Waals surface area contributed by atoms with Gasteiger partial charge in [-0.15, -0.1) is 5.10 Å². The second-order valence-corrected chi connectivity index (χ2v) is 5.86. The molecule has 0 spiro atoms. The molecule has 0 saturated heterocycles. The topological polar surface area (TPSA) is 80.9 Å². The number of carboxylic acid groups (broad SMARTS) is 1. The molecule has 0 bridgehead atoms. The van der Waals surface area contributed by atoms with Gasteiger partial charge in [0.15, 0.2) is 11.4 Å². The van der Waals surface area contributed by atoms with E-state index in [4.69, 9.17) is 0 Å². The zero-order valence-electron chi connectivity index (χ0n) is 11.7. The summed E-state index contributed by atoms with van der Waals surface area (Å²) in [4.78, 5) is 11.4. The van der Waals surface area contributed by atoms with Gasteiger partial charge in [0, 0.05) is 5.92 Å². The van der Waals surface area contributed by atoms with E-state index in [1.165, 1.54) is 36.8 Å². The molecule has 1 aliphatic rings. The van der Waals surface area contributed by atoms with Gasteiger partial charge < -0.3 is 5.11 Å². The van der Waals surface area contributed by atoms with Crippen molar-refractivity contribution in [2.45, 2.75) is 70.3 Å². The first kappa shape index (κ1) is 14.0.